The largest absolute Gasteiger partial charge is 0.493 e. The van der Waals surface area contributed by atoms with Crippen LogP contribution in [0.1, 0.15) is 17.0 Å². The van der Waals surface area contributed by atoms with Crippen molar-refractivity contribution in [2.45, 2.75) is 12.0 Å². The van der Waals surface area contributed by atoms with Gasteiger partial charge in [0.2, 0.25) is 18.6 Å². The molecule has 0 spiro atoms. The molecule has 148 valence electrons. The zero-order valence-corrected chi connectivity index (χ0v) is 15.6. The van der Waals surface area contributed by atoms with Crippen molar-refractivity contribution in [2.75, 3.05) is 21.0 Å². The summed E-state index contributed by atoms with van der Waals surface area (Å²) in [6.45, 7) is 0.0557. The lowest BCUT2D eigenvalue weighted by atomic mass is 9.88. The third-order valence-electron chi connectivity index (χ3n) is 5.13. The van der Waals surface area contributed by atoms with Gasteiger partial charge in [0.1, 0.15) is 11.3 Å². The van der Waals surface area contributed by atoms with Crippen LogP contribution in [0.3, 0.4) is 0 Å². The Labute approximate surface area is 164 Å². The summed E-state index contributed by atoms with van der Waals surface area (Å²) in [7, 11) is 2.77. The van der Waals surface area contributed by atoms with Crippen LogP contribution in [0.5, 0.6) is 23.0 Å². The Hall–Kier alpha value is -3.68. The fourth-order valence-electron chi connectivity index (χ4n) is 3.85. The lowest BCUT2D eigenvalue weighted by Crippen LogP contribution is -2.31. The van der Waals surface area contributed by atoms with E-state index in [9.17, 15) is 9.59 Å². The van der Waals surface area contributed by atoms with Crippen molar-refractivity contribution in [3.63, 3.8) is 0 Å². The Balaban J connectivity index is 1.77. The molecule has 29 heavy (non-hydrogen) atoms. The maximum absolute atomic E-state index is 12.9. The van der Waals surface area contributed by atoms with Crippen molar-refractivity contribution in [1.82, 2.24) is 0 Å². The number of fused-ring (bicyclic) bond motifs is 4. The second-order valence-electron chi connectivity index (χ2n) is 6.62. The van der Waals surface area contributed by atoms with E-state index < -0.39 is 23.6 Å². The number of esters is 1. The van der Waals surface area contributed by atoms with E-state index in [4.69, 9.17) is 28.1 Å². The average Bonchev–Trinajstić information content (AvgIpc) is 3.37. The summed E-state index contributed by atoms with van der Waals surface area (Å²) < 4.78 is 32.7. The van der Waals surface area contributed by atoms with E-state index in [2.05, 4.69) is 0 Å². The second kappa shape index (κ2) is 6.44. The van der Waals surface area contributed by atoms with Crippen LogP contribution in [0.2, 0.25) is 0 Å². The number of ether oxygens (including phenoxy) is 5. The number of rotatable bonds is 3. The molecule has 8 heteroatoms. The van der Waals surface area contributed by atoms with Gasteiger partial charge in [0, 0.05) is 0 Å². The van der Waals surface area contributed by atoms with Crippen LogP contribution < -0.4 is 24.6 Å². The van der Waals surface area contributed by atoms with Gasteiger partial charge in [-0.05, 0) is 29.8 Å². The molecule has 0 N–H and O–H groups in total. The first-order valence-corrected chi connectivity index (χ1v) is 8.90. The molecular weight excluding hydrogens is 380 g/mol. The molecule has 0 radical (unpaired) electrons. The first-order chi connectivity index (χ1) is 14.1. The summed E-state index contributed by atoms with van der Waals surface area (Å²) in [5, 5.41) is 0.603. The summed E-state index contributed by atoms with van der Waals surface area (Å²) in [5.74, 6) is 0.302. The van der Waals surface area contributed by atoms with Gasteiger partial charge < -0.3 is 28.1 Å². The molecule has 8 nitrogen and oxygen atoms in total. The molecule has 2 aliphatic rings. The van der Waals surface area contributed by atoms with Gasteiger partial charge in [-0.2, -0.15) is 0 Å². The lowest BCUT2D eigenvalue weighted by molar-refractivity contribution is -0.148. The number of benzene rings is 2. The SMILES string of the molecule is COC(=O)[C@@H]1Oc2c(c(=O)oc3ccccc23)[C@H]1c1cc(OC)c2c(c1)OCO2. The first-order valence-electron chi connectivity index (χ1n) is 8.90. The molecule has 0 saturated carbocycles. The Bertz CT molecular complexity index is 1200. The van der Waals surface area contributed by atoms with Gasteiger partial charge in [-0.15, -0.1) is 0 Å². The Morgan fingerprint density at radius 3 is 2.72 bits per heavy atom. The van der Waals surface area contributed by atoms with E-state index >= 15 is 0 Å². The number of hydrogen-bond acceptors (Lipinski definition) is 8. The van der Waals surface area contributed by atoms with Crippen LogP contribution in [0.25, 0.3) is 11.0 Å². The third-order valence-corrected chi connectivity index (χ3v) is 5.13. The molecule has 3 heterocycles. The molecule has 3 aromatic rings. The van der Waals surface area contributed by atoms with Crippen molar-refractivity contribution < 1.29 is 32.9 Å². The molecule has 0 aliphatic carbocycles. The van der Waals surface area contributed by atoms with Gasteiger partial charge in [-0.25, -0.2) is 9.59 Å². The highest BCUT2D eigenvalue weighted by Gasteiger charge is 2.45. The summed E-state index contributed by atoms with van der Waals surface area (Å²) in [6.07, 6.45) is -1.06. The average molecular weight is 396 g/mol. The minimum absolute atomic E-state index is 0.0557. The van der Waals surface area contributed by atoms with Gasteiger partial charge >= 0.3 is 11.6 Å². The second-order valence-corrected chi connectivity index (χ2v) is 6.62. The normalized spacial score (nSPS) is 19.0. The number of para-hydroxylation sites is 1. The van der Waals surface area contributed by atoms with Crippen LogP contribution in [0.15, 0.2) is 45.6 Å². The van der Waals surface area contributed by atoms with Crippen molar-refractivity contribution in [2.24, 2.45) is 0 Å². The van der Waals surface area contributed by atoms with Crippen LogP contribution >= 0.6 is 0 Å². The molecule has 0 fully saturated rings. The molecule has 2 aromatic carbocycles. The minimum atomic E-state index is -1.06. The fourth-order valence-corrected chi connectivity index (χ4v) is 3.85. The monoisotopic (exact) mass is 396 g/mol. The van der Waals surface area contributed by atoms with Crippen LogP contribution in [0, 0.1) is 0 Å². The molecule has 2 atom stereocenters. The molecule has 0 amide bonds. The predicted octanol–water partition coefficient (Wildman–Crippen LogP) is 2.60. The highest BCUT2D eigenvalue weighted by Crippen LogP contribution is 2.49. The van der Waals surface area contributed by atoms with Gasteiger partial charge in [0.25, 0.3) is 0 Å². The van der Waals surface area contributed by atoms with Crippen LogP contribution in [-0.4, -0.2) is 33.1 Å². The van der Waals surface area contributed by atoms with Crippen molar-refractivity contribution in [3.05, 3.63) is 57.9 Å². The van der Waals surface area contributed by atoms with E-state index in [1.165, 1.54) is 14.2 Å². The van der Waals surface area contributed by atoms with Gasteiger partial charge in [0.15, 0.2) is 11.5 Å². The standard InChI is InChI=1S/C21H16O8/c1-24-13-7-10(8-14-18(13)27-9-26-14)15-16-17(29-19(15)21(23)25-2)11-5-3-4-6-12(11)28-20(16)22/h3-8,15,19H,9H2,1-2H3/t15-,19-/m1/s1. The highest BCUT2D eigenvalue weighted by atomic mass is 16.7. The zero-order valence-electron chi connectivity index (χ0n) is 15.6. The van der Waals surface area contributed by atoms with E-state index in [1.54, 1.807) is 36.4 Å². The molecule has 2 aliphatic heterocycles. The topological polar surface area (TPSA) is 93.4 Å². The number of carbonyl (C=O) groups is 1. The molecule has 0 saturated heterocycles. The molecule has 1 aromatic heterocycles. The van der Waals surface area contributed by atoms with Crippen molar-refractivity contribution >= 4 is 16.9 Å². The summed E-state index contributed by atoms with van der Waals surface area (Å²) in [4.78, 5) is 25.4. The maximum Gasteiger partial charge on any atom is 0.348 e. The van der Waals surface area contributed by atoms with E-state index in [1.807, 2.05) is 0 Å². The summed E-state index contributed by atoms with van der Waals surface area (Å²) in [5.41, 5.74) is 0.637. The smallest absolute Gasteiger partial charge is 0.348 e. The summed E-state index contributed by atoms with van der Waals surface area (Å²) >= 11 is 0. The maximum atomic E-state index is 12.9. The highest BCUT2D eigenvalue weighted by molar-refractivity contribution is 5.88. The zero-order chi connectivity index (χ0) is 20.1. The number of carbonyl (C=O) groups excluding carboxylic acids is 1. The minimum Gasteiger partial charge on any atom is -0.493 e. The Kier molecular flexibility index (Phi) is 3.87. The molecule has 0 bridgehead atoms. The van der Waals surface area contributed by atoms with Gasteiger partial charge in [-0.1, -0.05) is 12.1 Å². The third kappa shape index (κ3) is 2.52. The molecular formula is C21H16O8. The van der Waals surface area contributed by atoms with E-state index in [0.717, 1.165) is 0 Å². The van der Waals surface area contributed by atoms with Gasteiger partial charge in [-0.3, -0.25) is 0 Å². The first kappa shape index (κ1) is 17.4. The quantitative estimate of drug-likeness (QED) is 0.493. The number of hydrogen-bond donors (Lipinski definition) is 0. The Morgan fingerprint density at radius 2 is 1.93 bits per heavy atom. The van der Waals surface area contributed by atoms with Crippen LogP contribution in [0.4, 0.5) is 0 Å². The van der Waals surface area contributed by atoms with Gasteiger partial charge in [0.05, 0.1) is 31.1 Å². The fraction of sp³-hybridized carbons (Fsp3) is 0.238. The lowest BCUT2D eigenvalue weighted by Gasteiger charge is -2.18. The molecule has 0 unspecified atom stereocenters. The van der Waals surface area contributed by atoms with Crippen molar-refractivity contribution in [1.29, 1.82) is 0 Å². The summed E-state index contributed by atoms with van der Waals surface area (Å²) in [6, 6.07) is 10.4. The predicted molar refractivity (Wildman–Crippen MR) is 99.9 cm³/mol. The van der Waals surface area contributed by atoms with E-state index in [0.29, 0.717) is 39.5 Å². The van der Waals surface area contributed by atoms with Crippen LogP contribution in [-0.2, 0) is 9.53 Å². The Morgan fingerprint density at radius 1 is 1.10 bits per heavy atom. The molecule has 5 rings (SSSR count). The van der Waals surface area contributed by atoms with Crippen molar-refractivity contribution in [3.8, 4) is 23.0 Å². The number of methoxy groups -OCH3 is 2. The van der Waals surface area contributed by atoms with E-state index in [-0.39, 0.29) is 12.4 Å².